The molecule has 9 heteroatoms. The summed E-state index contributed by atoms with van der Waals surface area (Å²) in [4.78, 5) is 19.6. The highest BCUT2D eigenvalue weighted by atomic mass is 35.5. The van der Waals surface area contributed by atoms with Gasteiger partial charge in [0.25, 0.3) is 0 Å². The van der Waals surface area contributed by atoms with Gasteiger partial charge in [-0.15, -0.1) is 0 Å². The smallest absolute Gasteiger partial charge is 0.226 e. The van der Waals surface area contributed by atoms with Crippen LogP contribution in [0.1, 0.15) is 46.7 Å². The predicted molar refractivity (Wildman–Crippen MR) is 157 cm³/mol. The van der Waals surface area contributed by atoms with E-state index in [1.807, 2.05) is 42.5 Å². The Balaban J connectivity index is 1.50. The van der Waals surface area contributed by atoms with Crippen LogP contribution in [0, 0.1) is 26.6 Å². The van der Waals surface area contributed by atoms with Gasteiger partial charge in [0.1, 0.15) is 5.82 Å². The molecular weight excluding hydrogens is 533 g/mol. The van der Waals surface area contributed by atoms with Gasteiger partial charge in [-0.2, -0.15) is 0 Å². The fourth-order valence-electron chi connectivity index (χ4n) is 5.38. The number of benzene rings is 2. The van der Waals surface area contributed by atoms with Gasteiger partial charge in [0.15, 0.2) is 5.11 Å². The van der Waals surface area contributed by atoms with Gasteiger partial charge in [0, 0.05) is 52.5 Å². The summed E-state index contributed by atoms with van der Waals surface area (Å²) in [5.41, 5.74) is 6.87. The Morgan fingerprint density at radius 1 is 1.08 bits per heavy atom. The van der Waals surface area contributed by atoms with Gasteiger partial charge < -0.3 is 20.1 Å². The zero-order valence-electron chi connectivity index (χ0n) is 21.9. The van der Waals surface area contributed by atoms with Crippen molar-refractivity contribution in [2.45, 2.75) is 39.3 Å². The summed E-state index contributed by atoms with van der Waals surface area (Å²) >= 11 is 12.2. The van der Waals surface area contributed by atoms with E-state index in [4.69, 9.17) is 23.8 Å². The number of hydrogen-bond acceptors (Lipinski definition) is 3. The monoisotopic (exact) mass is 561 g/mol. The second kappa shape index (κ2) is 11.2. The molecule has 1 fully saturated rings. The molecule has 2 atom stereocenters. The molecule has 6 nitrogen and oxygen atoms in total. The normalized spacial score (nSPS) is 16.8. The number of pyridine rings is 1. The Morgan fingerprint density at radius 2 is 1.85 bits per heavy atom. The van der Waals surface area contributed by atoms with Gasteiger partial charge >= 0.3 is 0 Å². The molecule has 1 aliphatic heterocycles. The topological polar surface area (TPSA) is 62.2 Å². The maximum atomic E-state index is 13.3. The average Bonchev–Trinajstić information content (AvgIpc) is 3.35. The molecule has 1 saturated heterocycles. The number of nitrogens with zero attached hydrogens (tertiary/aromatic N) is 3. The molecule has 0 bridgehead atoms. The molecule has 1 amide bonds. The van der Waals surface area contributed by atoms with E-state index in [-0.39, 0.29) is 30.2 Å². The lowest BCUT2D eigenvalue weighted by molar-refractivity contribution is -0.116. The van der Waals surface area contributed by atoms with Gasteiger partial charge in [-0.25, -0.2) is 4.39 Å². The number of amides is 1. The maximum Gasteiger partial charge on any atom is 0.226 e. The van der Waals surface area contributed by atoms with E-state index in [1.54, 1.807) is 18.3 Å². The Labute approximate surface area is 237 Å². The Hall–Kier alpha value is -3.75. The third kappa shape index (κ3) is 5.40. The minimum atomic E-state index is -0.351. The van der Waals surface area contributed by atoms with E-state index in [1.165, 1.54) is 12.1 Å². The van der Waals surface area contributed by atoms with Crippen LogP contribution in [0.2, 0.25) is 5.02 Å². The van der Waals surface area contributed by atoms with Crippen LogP contribution in [0.5, 0.6) is 0 Å². The van der Waals surface area contributed by atoms with Crippen molar-refractivity contribution < 1.29 is 9.18 Å². The number of carbonyl (C=O) groups excluding carboxylic acids is 1. The number of nitrogens with one attached hydrogen (secondary N) is 2. The lowest BCUT2D eigenvalue weighted by atomic mass is 9.93. The third-order valence-electron chi connectivity index (χ3n) is 7.28. The van der Waals surface area contributed by atoms with Crippen molar-refractivity contribution >= 4 is 40.5 Å². The average molecular weight is 562 g/mol. The number of rotatable bonds is 7. The quantitative estimate of drug-likeness (QED) is 0.249. The number of halogens is 2. The molecular formula is C30H29ClFN5OS. The molecule has 0 unspecified atom stereocenters. The summed E-state index contributed by atoms with van der Waals surface area (Å²) in [6, 6.07) is 19.0. The molecule has 0 spiro atoms. The van der Waals surface area contributed by atoms with Crippen LogP contribution < -0.4 is 10.6 Å². The fourth-order valence-corrected chi connectivity index (χ4v) is 5.90. The summed E-state index contributed by atoms with van der Waals surface area (Å²) in [6.45, 7) is 6.72. The van der Waals surface area contributed by atoms with Crippen LogP contribution in [-0.4, -0.2) is 32.0 Å². The first kappa shape index (κ1) is 26.8. The summed E-state index contributed by atoms with van der Waals surface area (Å²) in [5.74, 6) is -0.527. The Kier molecular flexibility index (Phi) is 7.68. The predicted octanol–water partition coefficient (Wildman–Crippen LogP) is 6.59. The van der Waals surface area contributed by atoms with Crippen LogP contribution in [0.15, 0.2) is 72.9 Å². The van der Waals surface area contributed by atoms with Crippen LogP contribution in [0.4, 0.5) is 10.1 Å². The molecule has 1 aliphatic rings. The third-order valence-corrected chi connectivity index (χ3v) is 7.86. The van der Waals surface area contributed by atoms with E-state index >= 15 is 0 Å². The van der Waals surface area contributed by atoms with E-state index in [0.29, 0.717) is 22.4 Å². The standard InChI is InChI=1S/C30H29ClFN5OS/c1-18-19(2)37(24-8-6-7-21(31)17-24)20(3)27(18)29-28(25-9-4-5-15-33-25)35-30(39)36(29)16-14-26(38)34-23-12-10-22(32)11-13-23/h4-13,15,17,28-29H,14,16H2,1-3H3,(H,34,38)(H,35,39)/t28-,29-/m0/s1. The Morgan fingerprint density at radius 3 is 2.54 bits per heavy atom. The highest BCUT2D eigenvalue weighted by Gasteiger charge is 2.42. The van der Waals surface area contributed by atoms with Gasteiger partial charge in [-0.3, -0.25) is 9.78 Å². The summed E-state index contributed by atoms with van der Waals surface area (Å²) in [7, 11) is 0. The summed E-state index contributed by atoms with van der Waals surface area (Å²) < 4.78 is 15.5. The van der Waals surface area contributed by atoms with E-state index < -0.39 is 0 Å². The second-order valence-electron chi connectivity index (χ2n) is 9.65. The van der Waals surface area contributed by atoms with E-state index in [9.17, 15) is 9.18 Å². The maximum absolute atomic E-state index is 13.3. The second-order valence-corrected chi connectivity index (χ2v) is 10.5. The minimum absolute atomic E-state index is 0.175. The molecule has 0 saturated carbocycles. The van der Waals surface area contributed by atoms with Crippen molar-refractivity contribution in [1.82, 2.24) is 19.8 Å². The molecule has 200 valence electrons. The van der Waals surface area contributed by atoms with Gasteiger partial charge in [-0.05, 0) is 93.1 Å². The Bertz CT molecular complexity index is 1520. The minimum Gasteiger partial charge on any atom is -0.352 e. The number of aromatic nitrogens is 2. The van der Waals surface area contributed by atoms with Crippen molar-refractivity contribution in [3.05, 3.63) is 112 Å². The zero-order chi connectivity index (χ0) is 27.7. The number of thiocarbonyl (C=S) groups is 1. The first-order valence-corrected chi connectivity index (χ1v) is 13.5. The first-order valence-electron chi connectivity index (χ1n) is 12.7. The van der Waals surface area contributed by atoms with E-state index in [0.717, 1.165) is 33.9 Å². The van der Waals surface area contributed by atoms with Gasteiger partial charge in [0.2, 0.25) is 5.91 Å². The lowest BCUT2D eigenvalue weighted by Gasteiger charge is -2.29. The largest absolute Gasteiger partial charge is 0.352 e. The summed E-state index contributed by atoms with van der Waals surface area (Å²) in [6.07, 6.45) is 1.98. The zero-order valence-corrected chi connectivity index (χ0v) is 23.5. The molecule has 3 heterocycles. The number of carbonyl (C=O) groups is 1. The van der Waals surface area contributed by atoms with Crippen LogP contribution >= 0.6 is 23.8 Å². The molecule has 2 aromatic heterocycles. The van der Waals surface area contributed by atoms with Gasteiger partial charge in [0.05, 0.1) is 17.8 Å². The molecule has 5 rings (SSSR count). The summed E-state index contributed by atoms with van der Waals surface area (Å²) in [5, 5.41) is 7.55. The highest BCUT2D eigenvalue weighted by Crippen LogP contribution is 2.43. The number of hydrogen-bond donors (Lipinski definition) is 2. The van der Waals surface area contributed by atoms with Crippen molar-refractivity contribution in [1.29, 1.82) is 0 Å². The molecule has 0 radical (unpaired) electrons. The molecule has 39 heavy (non-hydrogen) atoms. The molecule has 2 N–H and O–H groups in total. The number of anilines is 1. The van der Waals surface area contributed by atoms with E-state index in [2.05, 4.69) is 45.9 Å². The van der Waals surface area contributed by atoms with Gasteiger partial charge in [-0.1, -0.05) is 23.7 Å². The SMILES string of the molecule is Cc1c([C@H]2[C@H](c3ccccn3)NC(=S)N2CCC(=O)Nc2ccc(F)cc2)c(C)n(-c2cccc(Cl)c2)c1C. The molecule has 2 aromatic carbocycles. The van der Waals surface area contributed by atoms with Crippen LogP contribution in [-0.2, 0) is 4.79 Å². The van der Waals surface area contributed by atoms with Crippen LogP contribution in [0.25, 0.3) is 5.69 Å². The molecule has 0 aliphatic carbocycles. The fraction of sp³-hybridized carbons (Fsp3) is 0.233. The molecule has 4 aromatic rings. The highest BCUT2D eigenvalue weighted by molar-refractivity contribution is 7.80. The first-order chi connectivity index (χ1) is 18.7. The lowest BCUT2D eigenvalue weighted by Crippen LogP contribution is -2.33. The van der Waals surface area contributed by atoms with Crippen molar-refractivity contribution in [2.75, 3.05) is 11.9 Å². The van der Waals surface area contributed by atoms with Crippen LogP contribution in [0.3, 0.4) is 0 Å². The van der Waals surface area contributed by atoms with Crippen molar-refractivity contribution in [3.63, 3.8) is 0 Å². The van der Waals surface area contributed by atoms with Crippen molar-refractivity contribution in [3.8, 4) is 5.69 Å². The van der Waals surface area contributed by atoms with Crippen molar-refractivity contribution in [2.24, 2.45) is 0 Å².